The van der Waals surface area contributed by atoms with E-state index in [1.807, 2.05) is 36.6 Å². The molecule has 0 aliphatic heterocycles. The molecule has 28 heavy (non-hydrogen) atoms. The number of anilines is 1. The van der Waals surface area contributed by atoms with Crippen LogP contribution in [0.3, 0.4) is 0 Å². The van der Waals surface area contributed by atoms with Gasteiger partial charge in [-0.05, 0) is 42.5 Å². The second-order valence-electron chi connectivity index (χ2n) is 6.22. The van der Waals surface area contributed by atoms with Gasteiger partial charge in [0.2, 0.25) is 0 Å². The fraction of sp³-hybridized carbons (Fsp3) is 0.200. The summed E-state index contributed by atoms with van der Waals surface area (Å²) >= 11 is 3.10. The lowest BCUT2D eigenvalue weighted by atomic mass is 10.2. The Kier molecular flexibility index (Phi) is 5.59. The van der Waals surface area contributed by atoms with E-state index in [2.05, 4.69) is 31.7 Å². The maximum Gasteiger partial charge on any atom is 0.261 e. The van der Waals surface area contributed by atoms with Gasteiger partial charge in [0, 0.05) is 17.6 Å². The summed E-state index contributed by atoms with van der Waals surface area (Å²) in [5.74, 6) is 0.662. The van der Waals surface area contributed by atoms with Crippen LogP contribution in [0.2, 0.25) is 0 Å². The number of nitrogens with one attached hydrogen (secondary N) is 2. The van der Waals surface area contributed by atoms with E-state index in [1.165, 1.54) is 22.5 Å². The summed E-state index contributed by atoms with van der Waals surface area (Å²) in [4.78, 5) is 28.5. The highest BCUT2D eigenvalue weighted by atomic mass is 32.1. The first kappa shape index (κ1) is 18.5. The average molecular weight is 410 g/mol. The zero-order chi connectivity index (χ0) is 19.3. The van der Waals surface area contributed by atoms with Crippen molar-refractivity contribution >= 4 is 44.6 Å². The van der Waals surface area contributed by atoms with Gasteiger partial charge in [0.1, 0.15) is 17.0 Å². The van der Waals surface area contributed by atoms with E-state index < -0.39 is 0 Å². The van der Waals surface area contributed by atoms with Crippen LogP contribution in [0.1, 0.15) is 25.8 Å². The standard InChI is InChI=1S/C20H19N5OS2/c1-13-16-18(23-11-14-5-2-3-8-21-14)24-12-25-20(16)28-17(13)19(26)22-9-7-15-6-4-10-27-15/h2-6,8,10,12H,7,9,11H2,1H3,(H,22,26)(H,23,24,25). The van der Waals surface area contributed by atoms with Crippen molar-refractivity contribution in [3.63, 3.8) is 0 Å². The molecule has 4 rings (SSSR count). The van der Waals surface area contributed by atoms with Crippen LogP contribution in [-0.4, -0.2) is 27.4 Å². The molecule has 0 atom stereocenters. The number of carbonyl (C=O) groups excluding carboxylic acids is 1. The lowest BCUT2D eigenvalue weighted by molar-refractivity contribution is 0.0958. The molecule has 4 aromatic rings. The summed E-state index contributed by atoms with van der Waals surface area (Å²) in [5, 5.41) is 9.28. The number of hydrogen-bond donors (Lipinski definition) is 2. The summed E-state index contributed by atoms with van der Waals surface area (Å²) in [6.07, 6.45) is 4.13. The van der Waals surface area contributed by atoms with E-state index in [0.29, 0.717) is 18.0 Å². The highest BCUT2D eigenvalue weighted by Crippen LogP contribution is 2.33. The number of nitrogens with zero attached hydrogens (tertiary/aromatic N) is 3. The molecule has 6 nitrogen and oxygen atoms in total. The highest BCUT2D eigenvalue weighted by molar-refractivity contribution is 7.20. The Morgan fingerprint density at radius 1 is 1.14 bits per heavy atom. The second kappa shape index (κ2) is 8.45. The SMILES string of the molecule is Cc1c(C(=O)NCCc2cccs2)sc2ncnc(NCc3ccccn3)c12. The molecule has 0 aromatic carbocycles. The van der Waals surface area contributed by atoms with E-state index in [4.69, 9.17) is 0 Å². The molecule has 0 saturated heterocycles. The van der Waals surface area contributed by atoms with Crippen molar-refractivity contribution in [1.82, 2.24) is 20.3 Å². The van der Waals surface area contributed by atoms with E-state index in [-0.39, 0.29) is 5.91 Å². The van der Waals surface area contributed by atoms with Crippen LogP contribution in [0.15, 0.2) is 48.2 Å². The molecule has 0 radical (unpaired) electrons. The molecule has 0 spiro atoms. The van der Waals surface area contributed by atoms with Gasteiger partial charge in [-0.15, -0.1) is 22.7 Å². The molecular formula is C20H19N5OS2. The molecule has 0 aliphatic rings. The fourth-order valence-corrected chi connectivity index (χ4v) is 4.71. The molecule has 2 N–H and O–H groups in total. The minimum absolute atomic E-state index is 0.0623. The molecule has 4 aromatic heterocycles. The van der Waals surface area contributed by atoms with Crippen molar-refractivity contribution < 1.29 is 4.79 Å². The van der Waals surface area contributed by atoms with E-state index in [1.54, 1.807) is 17.5 Å². The van der Waals surface area contributed by atoms with Crippen molar-refractivity contribution in [3.05, 3.63) is 69.2 Å². The minimum Gasteiger partial charge on any atom is -0.364 e. The summed E-state index contributed by atoms with van der Waals surface area (Å²) < 4.78 is 0. The molecule has 0 bridgehead atoms. The smallest absolute Gasteiger partial charge is 0.261 e. The topological polar surface area (TPSA) is 79.8 Å². The maximum absolute atomic E-state index is 12.7. The number of hydrogen-bond acceptors (Lipinski definition) is 7. The van der Waals surface area contributed by atoms with E-state index in [0.717, 1.165) is 33.7 Å². The Labute approximate surface area is 170 Å². The van der Waals surface area contributed by atoms with Gasteiger partial charge >= 0.3 is 0 Å². The average Bonchev–Trinajstić information content (AvgIpc) is 3.35. The lowest BCUT2D eigenvalue weighted by Gasteiger charge is -2.07. The van der Waals surface area contributed by atoms with Crippen LogP contribution in [0, 0.1) is 6.92 Å². The summed E-state index contributed by atoms with van der Waals surface area (Å²) in [6, 6.07) is 9.90. The third-order valence-corrected chi connectivity index (χ3v) is 6.47. The lowest BCUT2D eigenvalue weighted by Crippen LogP contribution is -2.25. The first-order valence-electron chi connectivity index (χ1n) is 8.91. The third-order valence-electron chi connectivity index (χ3n) is 4.33. The van der Waals surface area contributed by atoms with Crippen LogP contribution in [-0.2, 0) is 13.0 Å². The highest BCUT2D eigenvalue weighted by Gasteiger charge is 2.19. The number of amides is 1. The number of pyridine rings is 1. The van der Waals surface area contributed by atoms with Gasteiger partial charge in [-0.2, -0.15) is 0 Å². The van der Waals surface area contributed by atoms with Crippen molar-refractivity contribution in [2.45, 2.75) is 19.9 Å². The molecule has 0 unspecified atom stereocenters. The molecule has 142 valence electrons. The first-order chi connectivity index (χ1) is 13.7. The number of aromatic nitrogens is 3. The quantitative estimate of drug-likeness (QED) is 0.482. The maximum atomic E-state index is 12.7. The Hall–Kier alpha value is -2.84. The Morgan fingerprint density at radius 3 is 2.86 bits per heavy atom. The predicted molar refractivity (Wildman–Crippen MR) is 114 cm³/mol. The second-order valence-corrected chi connectivity index (χ2v) is 8.25. The molecule has 0 aliphatic carbocycles. The number of rotatable bonds is 7. The largest absolute Gasteiger partial charge is 0.364 e. The number of aryl methyl sites for hydroxylation is 1. The number of fused-ring (bicyclic) bond motifs is 1. The number of carbonyl (C=O) groups is 1. The van der Waals surface area contributed by atoms with Crippen molar-refractivity contribution in [3.8, 4) is 0 Å². The van der Waals surface area contributed by atoms with Crippen molar-refractivity contribution in [1.29, 1.82) is 0 Å². The summed E-state index contributed by atoms with van der Waals surface area (Å²) in [7, 11) is 0. The van der Waals surface area contributed by atoms with E-state index in [9.17, 15) is 4.79 Å². The number of thiophene rings is 2. The third kappa shape index (κ3) is 4.02. The zero-order valence-corrected chi connectivity index (χ0v) is 16.9. The fourth-order valence-electron chi connectivity index (χ4n) is 2.93. The molecular weight excluding hydrogens is 390 g/mol. The molecule has 0 saturated carbocycles. The van der Waals surface area contributed by atoms with Gasteiger partial charge in [-0.3, -0.25) is 9.78 Å². The van der Waals surface area contributed by atoms with Crippen LogP contribution in [0.25, 0.3) is 10.2 Å². The monoisotopic (exact) mass is 409 g/mol. The molecule has 0 fully saturated rings. The van der Waals surface area contributed by atoms with Gasteiger partial charge < -0.3 is 10.6 Å². The molecule has 4 heterocycles. The Bertz CT molecular complexity index is 1080. The summed E-state index contributed by atoms with van der Waals surface area (Å²) in [5.41, 5.74) is 1.83. The van der Waals surface area contributed by atoms with Crippen LogP contribution < -0.4 is 10.6 Å². The predicted octanol–water partition coefficient (Wildman–Crippen LogP) is 4.04. The molecule has 8 heteroatoms. The minimum atomic E-state index is -0.0623. The van der Waals surface area contributed by atoms with Crippen LogP contribution >= 0.6 is 22.7 Å². The molecule has 1 amide bonds. The first-order valence-corrected chi connectivity index (χ1v) is 10.6. The van der Waals surface area contributed by atoms with Crippen LogP contribution in [0.5, 0.6) is 0 Å². The van der Waals surface area contributed by atoms with Gasteiger partial charge in [-0.1, -0.05) is 12.1 Å². The zero-order valence-electron chi connectivity index (χ0n) is 15.3. The summed E-state index contributed by atoms with van der Waals surface area (Å²) in [6.45, 7) is 3.12. The Balaban J connectivity index is 1.50. The van der Waals surface area contributed by atoms with Gasteiger partial charge in [-0.25, -0.2) is 9.97 Å². The van der Waals surface area contributed by atoms with Gasteiger partial charge in [0.05, 0.1) is 22.5 Å². The normalized spacial score (nSPS) is 10.9. The Morgan fingerprint density at radius 2 is 2.07 bits per heavy atom. The van der Waals surface area contributed by atoms with Crippen molar-refractivity contribution in [2.75, 3.05) is 11.9 Å². The van der Waals surface area contributed by atoms with Crippen LogP contribution in [0.4, 0.5) is 5.82 Å². The van der Waals surface area contributed by atoms with E-state index >= 15 is 0 Å². The van der Waals surface area contributed by atoms with Crippen molar-refractivity contribution in [2.24, 2.45) is 0 Å². The van der Waals surface area contributed by atoms with Gasteiger partial charge in [0.15, 0.2) is 0 Å². The van der Waals surface area contributed by atoms with Gasteiger partial charge in [0.25, 0.3) is 5.91 Å².